The molecule has 1 aliphatic carbocycles. The van der Waals surface area contributed by atoms with Crippen LogP contribution in [-0.2, 0) is 9.53 Å². The Balaban J connectivity index is 2.18. The van der Waals surface area contributed by atoms with Crippen molar-refractivity contribution in [1.82, 2.24) is 0 Å². The van der Waals surface area contributed by atoms with Gasteiger partial charge in [0.15, 0.2) is 5.60 Å². The summed E-state index contributed by atoms with van der Waals surface area (Å²) < 4.78 is 5.55. The van der Waals surface area contributed by atoms with Crippen molar-refractivity contribution >= 4 is 5.97 Å². The molecule has 0 saturated heterocycles. The van der Waals surface area contributed by atoms with Crippen LogP contribution in [0.15, 0.2) is 0 Å². The average molecular weight is 306 g/mol. The zero-order valence-corrected chi connectivity index (χ0v) is 14.7. The first-order valence-corrected chi connectivity index (χ1v) is 9.38. The van der Waals surface area contributed by atoms with E-state index in [4.69, 9.17) is 4.74 Å². The SMILES string of the molecule is CCCCCCCCCCC#CC1(OC(C)=O)CCCCC1. The number of ether oxygens (including phenoxy) is 1. The Morgan fingerprint density at radius 3 is 2.14 bits per heavy atom. The second-order valence-electron chi connectivity index (χ2n) is 6.68. The van der Waals surface area contributed by atoms with Gasteiger partial charge in [-0.1, -0.05) is 70.1 Å². The van der Waals surface area contributed by atoms with E-state index < -0.39 is 5.60 Å². The van der Waals surface area contributed by atoms with Crippen molar-refractivity contribution in [3.05, 3.63) is 0 Å². The Hall–Kier alpha value is -0.970. The molecule has 0 spiro atoms. The van der Waals surface area contributed by atoms with Crippen molar-refractivity contribution < 1.29 is 9.53 Å². The molecule has 22 heavy (non-hydrogen) atoms. The maximum atomic E-state index is 11.3. The topological polar surface area (TPSA) is 26.3 Å². The predicted molar refractivity (Wildman–Crippen MR) is 92.6 cm³/mol. The molecule has 2 heteroatoms. The van der Waals surface area contributed by atoms with Gasteiger partial charge in [0.2, 0.25) is 0 Å². The summed E-state index contributed by atoms with van der Waals surface area (Å²) in [5.74, 6) is 6.39. The van der Waals surface area contributed by atoms with Gasteiger partial charge in [0, 0.05) is 13.3 Å². The first kappa shape index (κ1) is 19.1. The Labute approximate surface area is 137 Å². The van der Waals surface area contributed by atoms with E-state index in [0.29, 0.717) is 0 Å². The van der Waals surface area contributed by atoms with E-state index in [1.165, 1.54) is 64.7 Å². The summed E-state index contributed by atoms with van der Waals surface area (Å²) in [7, 11) is 0. The highest BCUT2D eigenvalue weighted by molar-refractivity contribution is 5.67. The Morgan fingerprint density at radius 2 is 1.55 bits per heavy atom. The zero-order valence-electron chi connectivity index (χ0n) is 14.7. The van der Waals surface area contributed by atoms with Crippen molar-refractivity contribution in [2.45, 2.75) is 109 Å². The summed E-state index contributed by atoms with van der Waals surface area (Å²) in [6, 6.07) is 0. The standard InChI is InChI=1S/C20H34O2/c1-3-4-5-6-7-8-9-10-11-13-16-20(22-19(2)21)17-14-12-15-18-20/h3-12,14-15,17-18H2,1-2H3. The van der Waals surface area contributed by atoms with Gasteiger partial charge in [-0.3, -0.25) is 4.79 Å². The number of rotatable bonds is 9. The van der Waals surface area contributed by atoms with Gasteiger partial charge in [0.05, 0.1) is 0 Å². The molecule has 0 amide bonds. The number of esters is 1. The van der Waals surface area contributed by atoms with Crippen LogP contribution in [-0.4, -0.2) is 11.6 Å². The summed E-state index contributed by atoms with van der Waals surface area (Å²) in [4.78, 5) is 11.3. The third-order valence-corrected chi connectivity index (χ3v) is 4.47. The van der Waals surface area contributed by atoms with Crippen LogP contribution in [0.5, 0.6) is 0 Å². The van der Waals surface area contributed by atoms with Crippen LogP contribution in [0.1, 0.15) is 104 Å². The maximum Gasteiger partial charge on any atom is 0.304 e. The maximum absolute atomic E-state index is 11.3. The smallest absolute Gasteiger partial charge is 0.304 e. The van der Waals surface area contributed by atoms with Crippen LogP contribution in [0.2, 0.25) is 0 Å². The first-order valence-electron chi connectivity index (χ1n) is 9.38. The lowest BCUT2D eigenvalue weighted by Crippen LogP contribution is -2.35. The van der Waals surface area contributed by atoms with Gasteiger partial charge in [-0.15, -0.1) is 0 Å². The van der Waals surface area contributed by atoms with E-state index in [0.717, 1.165) is 32.1 Å². The molecule has 0 aliphatic heterocycles. The molecule has 0 aromatic rings. The van der Waals surface area contributed by atoms with Crippen LogP contribution < -0.4 is 0 Å². The monoisotopic (exact) mass is 306 g/mol. The molecule has 0 radical (unpaired) electrons. The van der Waals surface area contributed by atoms with Crippen molar-refractivity contribution in [2.75, 3.05) is 0 Å². The molecule has 1 rings (SSSR count). The molecular weight excluding hydrogens is 272 g/mol. The van der Waals surface area contributed by atoms with E-state index in [1.54, 1.807) is 0 Å². The lowest BCUT2D eigenvalue weighted by atomic mass is 9.85. The van der Waals surface area contributed by atoms with Crippen LogP contribution in [0, 0.1) is 11.8 Å². The van der Waals surface area contributed by atoms with Crippen LogP contribution in [0.4, 0.5) is 0 Å². The minimum absolute atomic E-state index is 0.191. The highest BCUT2D eigenvalue weighted by Gasteiger charge is 2.33. The van der Waals surface area contributed by atoms with Crippen LogP contribution >= 0.6 is 0 Å². The fraction of sp³-hybridized carbons (Fsp3) is 0.850. The summed E-state index contributed by atoms with van der Waals surface area (Å²) in [5.41, 5.74) is -0.468. The number of carbonyl (C=O) groups is 1. The minimum Gasteiger partial charge on any atom is -0.446 e. The summed E-state index contributed by atoms with van der Waals surface area (Å²) in [6.45, 7) is 3.75. The molecule has 126 valence electrons. The number of hydrogen-bond donors (Lipinski definition) is 0. The van der Waals surface area contributed by atoms with Crippen molar-refractivity contribution in [3.63, 3.8) is 0 Å². The third kappa shape index (κ3) is 8.47. The van der Waals surface area contributed by atoms with Gasteiger partial charge in [-0.05, 0) is 32.1 Å². The number of unbranched alkanes of at least 4 members (excludes halogenated alkanes) is 8. The molecule has 2 nitrogen and oxygen atoms in total. The van der Waals surface area contributed by atoms with E-state index in [-0.39, 0.29) is 5.97 Å². The molecule has 1 saturated carbocycles. The van der Waals surface area contributed by atoms with Gasteiger partial charge < -0.3 is 4.74 Å². The van der Waals surface area contributed by atoms with E-state index in [1.807, 2.05) is 0 Å². The number of carbonyl (C=O) groups excluding carboxylic acids is 1. The average Bonchev–Trinajstić information content (AvgIpc) is 2.49. The Morgan fingerprint density at radius 1 is 0.955 bits per heavy atom. The fourth-order valence-electron chi connectivity index (χ4n) is 3.22. The normalized spacial score (nSPS) is 16.6. The van der Waals surface area contributed by atoms with Crippen molar-refractivity contribution in [2.24, 2.45) is 0 Å². The van der Waals surface area contributed by atoms with Gasteiger partial charge in [0.1, 0.15) is 0 Å². The van der Waals surface area contributed by atoms with E-state index in [9.17, 15) is 4.79 Å². The second kappa shape index (κ2) is 11.6. The van der Waals surface area contributed by atoms with Crippen LogP contribution in [0.3, 0.4) is 0 Å². The lowest BCUT2D eigenvalue weighted by Gasteiger charge is -2.31. The highest BCUT2D eigenvalue weighted by atomic mass is 16.6. The molecule has 0 N–H and O–H groups in total. The molecule has 0 atom stereocenters. The summed E-state index contributed by atoms with van der Waals surface area (Å²) in [6.07, 6.45) is 16.9. The molecular formula is C20H34O2. The Kier molecular flexibility index (Phi) is 10.0. The van der Waals surface area contributed by atoms with Crippen molar-refractivity contribution in [1.29, 1.82) is 0 Å². The van der Waals surface area contributed by atoms with Gasteiger partial charge in [-0.25, -0.2) is 0 Å². The van der Waals surface area contributed by atoms with Gasteiger partial charge in [0.25, 0.3) is 0 Å². The van der Waals surface area contributed by atoms with Gasteiger partial charge in [-0.2, -0.15) is 0 Å². The largest absolute Gasteiger partial charge is 0.446 e. The zero-order chi connectivity index (χ0) is 16.1. The molecule has 0 aromatic carbocycles. The third-order valence-electron chi connectivity index (χ3n) is 4.47. The quantitative estimate of drug-likeness (QED) is 0.306. The van der Waals surface area contributed by atoms with E-state index in [2.05, 4.69) is 18.8 Å². The highest BCUT2D eigenvalue weighted by Crippen LogP contribution is 2.31. The Bertz CT molecular complexity index is 356. The molecule has 0 unspecified atom stereocenters. The molecule has 0 heterocycles. The molecule has 0 bridgehead atoms. The summed E-state index contributed by atoms with van der Waals surface area (Å²) in [5, 5.41) is 0. The minimum atomic E-state index is -0.468. The predicted octanol–water partition coefficient (Wildman–Crippen LogP) is 5.79. The lowest BCUT2D eigenvalue weighted by molar-refractivity contribution is -0.153. The fourth-order valence-corrected chi connectivity index (χ4v) is 3.22. The molecule has 1 fully saturated rings. The molecule has 1 aliphatic rings. The number of hydrogen-bond acceptors (Lipinski definition) is 2. The summed E-state index contributed by atoms with van der Waals surface area (Å²) >= 11 is 0. The second-order valence-corrected chi connectivity index (χ2v) is 6.68. The first-order chi connectivity index (χ1) is 10.7. The van der Waals surface area contributed by atoms with Gasteiger partial charge >= 0.3 is 5.97 Å². The van der Waals surface area contributed by atoms with Crippen molar-refractivity contribution in [3.8, 4) is 11.8 Å². The van der Waals surface area contributed by atoms with Crippen LogP contribution in [0.25, 0.3) is 0 Å². The molecule has 0 aromatic heterocycles. The van der Waals surface area contributed by atoms with E-state index >= 15 is 0 Å².